The van der Waals surface area contributed by atoms with Crippen molar-refractivity contribution >= 4 is 29.2 Å². The van der Waals surface area contributed by atoms with E-state index in [1.807, 2.05) is 30.3 Å². The number of hydrogen-bond donors (Lipinski definition) is 1. The molecule has 2 aromatic rings. The van der Waals surface area contributed by atoms with Crippen LogP contribution >= 0.6 is 0 Å². The van der Waals surface area contributed by atoms with Crippen LogP contribution in [0.15, 0.2) is 54.6 Å². The SMILES string of the molecule is CCOC(=O)c1ccccc1NC(=O)C1CC1C(=O)N(C)c1ccccc1. The second kappa shape index (κ2) is 8.03. The van der Waals surface area contributed by atoms with Gasteiger partial charge in [0.15, 0.2) is 0 Å². The Kier molecular flexibility index (Phi) is 5.54. The highest BCUT2D eigenvalue weighted by Crippen LogP contribution is 2.41. The molecule has 2 aromatic carbocycles. The normalized spacial score (nSPS) is 17.7. The van der Waals surface area contributed by atoms with E-state index < -0.39 is 5.97 Å². The lowest BCUT2D eigenvalue weighted by Gasteiger charge is -2.17. The van der Waals surface area contributed by atoms with Crippen LogP contribution in [-0.4, -0.2) is 31.4 Å². The zero-order valence-corrected chi connectivity index (χ0v) is 15.3. The summed E-state index contributed by atoms with van der Waals surface area (Å²) < 4.78 is 5.02. The van der Waals surface area contributed by atoms with E-state index in [4.69, 9.17) is 4.74 Å². The van der Waals surface area contributed by atoms with Gasteiger partial charge in [-0.15, -0.1) is 0 Å². The number of rotatable bonds is 6. The van der Waals surface area contributed by atoms with Crippen molar-refractivity contribution in [1.29, 1.82) is 0 Å². The smallest absolute Gasteiger partial charge is 0.340 e. The van der Waals surface area contributed by atoms with Crippen LogP contribution in [0.2, 0.25) is 0 Å². The zero-order chi connectivity index (χ0) is 19.4. The maximum atomic E-state index is 12.6. The first-order chi connectivity index (χ1) is 13.0. The van der Waals surface area contributed by atoms with Gasteiger partial charge in [-0.05, 0) is 37.6 Å². The van der Waals surface area contributed by atoms with E-state index in [9.17, 15) is 14.4 Å². The lowest BCUT2D eigenvalue weighted by molar-refractivity contribution is -0.123. The zero-order valence-electron chi connectivity index (χ0n) is 15.3. The molecule has 27 heavy (non-hydrogen) atoms. The first kappa shape index (κ1) is 18.6. The largest absolute Gasteiger partial charge is 0.462 e. The fourth-order valence-electron chi connectivity index (χ4n) is 2.99. The predicted molar refractivity (Wildman–Crippen MR) is 102 cm³/mol. The van der Waals surface area contributed by atoms with Gasteiger partial charge in [0.1, 0.15) is 0 Å². The van der Waals surface area contributed by atoms with Gasteiger partial charge in [-0.2, -0.15) is 0 Å². The Balaban J connectivity index is 1.64. The Labute approximate surface area is 158 Å². The van der Waals surface area contributed by atoms with Crippen molar-refractivity contribution in [1.82, 2.24) is 0 Å². The Bertz CT molecular complexity index is 850. The summed E-state index contributed by atoms with van der Waals surface area (Å²) in [5, 5.41) is 2.76. The number of carbonyl (C=O) groups excluding carboxylic acids is 3. The van der Waals surface area contributed by atoms with E-state index in [1.165, 1.54) is 0 Å². The second-order valence-corrected chi connectivity index (χ2v) is 6.44. The van der Waals surface area contributed by atoms with Gasteiger partial charge < -0.3 is 15.0 Å². The lowest BCUT2D eigenvalue weighted by Crippen LogP contribution is -2.29. The van der Waals surface area contributed by atoms with Crippen LogP contribution in [0, 0.1) is 11.8 Å². The van der Waals surface area contributed by atoms with Crippen molar-refractivity contribution in [2.45, 2.75) is 13.3 Å². The fraction of sp³-hybridized carbons (Fsp3) is 0.286. The molecule has 1 saturated carbocycles. The van der Waals surface area contributed by atoms with Crippen molar-refractivity contribution in [3.63, 3.8) is 0 Å². The second-order valence-electron chi connectivity index (χ2n) is 6.44. The first-order valence-corrected chi connectivity index (χ1v) is 8.92. The van der Waals surface area contributed by atoms with E-state index >= 15 is 0 Å². The molecule has 1 aliphatic rings. The Morgan fingerprint density at radius 2 is 1.70 bits per heavy atom. The highest BCUT2D eigenvalue weighted by atomic mass is 16.5. The summed E-state index contributed by atoms with van der Waals surface area (Å²) in [5.41, 5.74) is 1.49. The molecular formula is C21H22N2O4. The van der Waals surface area contributed by atoms with Crippen LogP contribution in [0.1, 0.15) is 23.7 Å². The summed E-state index contributed by atoms with van der Waals surface area (Å²) in [4.78, 5) is 38.7. The molecule has 1 fully saturated rings. The van der Waals surface area contributed by atoms with Gasteiger partial charge >= 0.3 is 5.97 Å². The van der Waals surface area contributed by atoms with Gasteiger partial charge in [0.05, 0.1) is 29.7 Å². The van der Waals surface area contributed by atoms with E-state index in [2.05, 4.69) is 5.32 Å². The van der Waals surface area contributed by atoms with E-state index in [1.54, 1.807) is 43.1 Å². The summed E-state index contributed by atoms with van der Waals surface area (Å²) in [6.45, 7) is 1.98. The molecule has 0 aliphatic heterocycles. The molecule has 0 saturated heterocycles. The monoisotopic (exact) mass is 366 g/mol. The van der Waals surface area contributed by atoms with E-state index in [0.717, 1.165) is 5.69 Å². The maximum Gasteiger partial charge on any atom is 0.340 e. The minimum absolute atomic E-state index is 0.0833. The number of carbonyl (C=O) groups is 3. The molecule has 140 valence electrons. The summed E-state index contributed by atoms with van der Waals surface area (Å²) in [6.07, 6.45) is 0.503. The summed E-state index contributed by atoms with van der Waals surface area (Å²) in [7, 11) is 1.71. The third kappa shape index (κ3) is 4.16. The average Bonchev–Trinajstić information content (AvgIpc) is 3.49. The molecule has 3 rings (SSSR count). The molecule has 1 aliphatic carbocycles. The number of nitrogens with one attached hydrogen (secondary N) is 1. The average molecular weight is 366 g/mol. The van der Waals surface area contributed by atoms with Gasteiger partial charge in [0.2, 0.25) is 11.8 Å². The minimum Gasteiger partial charge on any atom is -0.462 e. The Morgan fingerprint density at radius 1 is 1.04 bits per heavy atom. The molecule has 2 unspecified atom stereocenters. The molecule has 6 heteroatoms. The number of anilines is 2. The highest BCUT2D eigenvalue weighted by Gasteiger charge is 2.49. The van der Waals surface area contributed by atoms with Gasteiger partial charge in [-0.3, -0.25) is 9.59 Å². The maximum absolute atomic E-state index is 12.6. The van der Waals surface area contributed by atoms with Crippen molar-refractivity contribution in [3.8, 4) is 0 Å². The molecular weight excluding hydrogens is 344 g/mol. The molecule has 0 aromatic heterocycles. The number of benzene rings is 2. The van der Waals surface area contributed by atoms with Crippen LogP contribution in [0.3, 0.4) is 0 Å². The Morgan fingerprint density at radius 3 is 2.41 bits per heavy atom. The van der Waals surface area contributed by atoms with Crippen molar-refractivity contribution in [2.24, 2.45) is 11.8 Å². The van der Waals surface area contributed by atoms with Crippen LogP contribution in [0.4, 0.5) is 11.4 Å². The first-order valence-electron chi connectivity index (χ1n) is 8.92. The van der Waals surface area contributed by atoms with E-state index in [-0.39, 0.29) is 30.3 Å². The van der Waals surface area contributed by atoms with Crippen LogP contribution in [-0.2, 0) is 14.3 Å². The number of amides is 2. The molecule has 2 atom stereocenters. The van der Waals surface area contributed by atoms with Gasteiger partial charge in [0.25, 0.3) is 0 Å². The molecule has 0 spiro atoms. The van der Waals surface area contributed by atoms with Crippen molar-refractivity contribution < 1.29 is 19.1 Å². The highest BCUT2D eigenvalue weighted by molar-refractivity contribution is 6.06. The summed E-state index contributed by atoms with van der Waals surface area (Å²) >= 11 is 0. The quantitative estimate of drug-likeness (QED) is 0.797. The van der Waals surface area contributed by atoms with Crippen LogP contribution in [0.5, 0.6) is 0 Å². The number of hydrogen-bond acceptors (Lipinski definition) is 4. The summed E-state index contributed by atoms with van der Waals surface area (Å²) in [6, 6.07) is 16.0. The number of ether oxygens (including phenoxy) is 1. The van der Waals surface area contributed by atoms with Gasteiger partial charge in [0, 0.05) is 12.7 Å². The van der Waals surface area contributed by atoms with Crippen molar-refractivity contribution in [3.05, 3.63) is 60.2 Å². The number of para-hydroxylation sites is 2. The van der Waals surface area contributed by atoms with Crippen LogP contribution < -0.4 is 10.2 Å². The minimum atomic E-state index is -0.486. The number of nitrogens with zero attached hydrogens (tertiary/aromatic N) is 1. The lowest BCUT2D eigenvalue weighted by atomic mass is 10.1. The Hall–Kier alpha value is -3.15. The standard InChI is InChI=1S/C21H22N2O4/c1-3-27-21(26)15-11-7-8-12-18(15)22-19(24)16-13-17(16)20(25)23(2)14-9-5-4-6-10-14/h4-12,16-17H,3,13H2,1-2H3,(H,22,24). The van der Waals surface area contributed by atoms with Crippen LogP contribution in [0.25, 0.3) is 0 Å². The molecule has 0 heterocycles. The molecule has 0 radical (unpaired) electrons. The van der Waals surface area contributed by atoms with Gasteiger partial charge in [-0.25, -0.2) is 4.79 Å². The third-order valence-corrected chi connectivity index (χ3v) is 4.60. The van der Waals surface area contributed by atoms with Gasteiger partial charge in [-0.1, -0.05) is 30.3 Å². The number of esters is 1. The fourth-order valence-corrected chi connectivity index (χ4v) is 2.99. The topological polar surface area (TPSA) is 75.7 Å². The molecule has 2 amide bonds. The molecule has 6 nitrogen and oxygen atoms in total. The van der Waals surface area contributed by atoms with Crippen molar-refractivity contribution in [2.75, 3.05) is 23.9 Å². The summed E-state index contributed by atoms with van der Waals surface area (Å²) in [5.74, 6) is -1.56. The third-order valence-electron chi connectivity index (χ3n) is 4.60. The molecule has 1 N–H and O–H groups in total. The van der Waals surface area contributed by atoms with E-state index in [0.29, 0.717) is 17.7 Å². The molecule has 0 bridgehead atoms. The predicted octanol–water partition coefficient (Wildman–Crippen LogP) is 3.10.